The fourth-order valence-electron chi connectivity index (χ4n) is 3.51. The first-order valence-corrected chi connectivity index (χ1v) is 9.11. The van der Waals surface area contributed by atoms with Crippen molar-refractivity contribution in [1.82, 2.24) is 14.9 Å². The lowest BCUT2D eigenvalue weighted by molar-refractivity contribution is -0.000186. The van der Waals surface area contributed by atoms with Gasteiger partial charge in [0.2, 0.25) is 0 Å². The number of imidazole rings is 1. The van der Waals surface area contributed by atoms with E-state index in [9.17, 15) is 4.79 Å². The Hall–Kier alpha value is -2.66. The molecule has 1 N–H and O–H groups in total. The summed E-state index contributed by atoms with van der Waals surface area (Å²) in [6.07, 6.45) is 5.18. The molecule has 5 nitrogen and oxygen atoms in total. The van der Waals surface area contributed by atoms with Crippen molar-refractivity contribution in [2.45, 2.75) is 25.4 Å². The number of ether oxygens (including phenoxy) is 1. The maximum atomic E-state index is 12.8. The van der Waals surface area contributed by atoms with Crippen molar-refractivity contribution in [3.8, 4) is 11.1 Å². The van der Waals surface area contributed by atoms with Crippen molar-refractivity contribution in [3.05, 3.63) is 54.4 Å². The van der Waals surface area contributed by atoms with Gasteiger partial charge in [0.05, 0.1) is 23.5 Å². The van der Waals surface area contributed by atoms with E-state index in [0.717, 1.165) is 41.6 Å². The van der Waals surface area contributed by atoms with Crippen LogP contribution in [0.3, 0.4) is 0 Å². The first kappa shape index (κ1) is 16.8. The second kappa shape index (κ2) is 7.30. The van der Waals surface area contributed by atoms with Gasteiger partial charge in [-0.05, 0) is 54.7 Å². The fourth-order valence-corrected chi connectivity index (χ4v) is 3.51. The van der Waals surface area contributed by atoms with E-state index < -0.39 is 0 Å². The molecule has 1 atom stereocenters. The Morgan fingerprint density at radius 3 is 2.96 bits per heavy atom. The Morgan fingerprint density at radius 2 is 2.12 bits per heavy atom. The molecule has 3 aromatic rings. The van der Waals surface area contributed by atoms with Gasteiger partial charge in [0, 0.05) is 25.8 Å². The highest BCUT2D eigenvalue weighted by atomic mass is 16.5. The molecule has 0 radical (unpaired) electrons. The Labute approximate surface area is 153 Å². The summed E-state index contributed by atoms with van der Waals surface area (Å²) in [6, 6.07) is 13.9. The molecule has 1 saturated heterocycles. The lowest BCUT2D eigenvalue weighted by atomic mass is 10.0. The third-order valence-corrected chi connectivity index (χ3v) is 4.96. The van der Waals surface area contributed by atoms with Gasteiger partial charge < -0.3 is 14.6 Å². The molecular formula is C21H23N3O2. The van der Waals surface area contributed by atoms with E-state index in [-0.39, 0.29) is 12.0 Å². The molecule has 1 amide bonds. The summed E-state index contributed by atoms with van der Waals surface area (Å²) in [4.78, 5) is 22.0. The summed E-state index contributed by atoms with van der Waals surface area (Å²) >= 11 is 0. The summed E-state index contributed by atoms with van der Waals surface area (Å²) < 4.78 is 5.76. The smallest absolute Gasteiger partial charge is 0.253 e. The van der Waals surface area contributed by atoms with E-state index in [1.807, 2.05) is 43.4 Å². The van der Waals surface area contributed by atoms with Gasteiger partial charge in [0.15, 0.2) is 0 Å². The average molecular weight is 349 g/mol. The van der Waals surface area contributed by atoms with E-state index in [2.05, 4.69) is 16.0 Å². The molecule has 0 aliphatic carbocycles. The molecule has 0 spiro atoms. The number of carbonyl (C=O) groups is 1. The summed E-state index contributed by atoms with van der Waals surface area (Å²) in [7, 11) is 1.85. The summed E-state index contributed by atoms with van der Waals surface area (Å²) in [5.41, 5.74) is 4.72. The Balaban J connectivity index is 1.53. The van der Waals surface area contributed by atoms with Gasteiger partial charge in [0.25, 0.3) is 5.91 Å². The number of hydrogen-bond donors (Lipinski definition) is 1. The van der Waals surface area contributed by atoms with Gasteiger partial charge in [-0.3, -0.25) is 4.79 Å². The number of rotatable bonds is 4. The quantitative estimate of drug-likeness (QED) is 0.778. The summed E-state index contributed by atoms with van der Waals surface area (Å²) in [6.45, 7) is 1.45. The SMILES string of the molecule is CN(C[C@@H]1CCCCO1)C(=O)c1cccc(-c2ccc3nc[nH]c3c2)c1. The van der Waals surface area contributed by atoms with Gasteiger partial charge in [-0.25, -0.2) is 4.98 Å². The first-order chi connectivity index (χ1) is 12.7. The number of nitrogens with one attached hydrogen (secondary N) is 1. The Morgan fingerprint density at radius 1 is 1.23 bits per heavy atom. The van der Waals surface area contributed by atoms with Crippen LogP contribution in [0, 0.1) is 0 Å². The van der Waals surface area contributed by atoms with Gasteiger partial charge in [-0.1, -0.05) is 18.2 Å². The largest absolute Gasteiger partial charge is 0.376 e. The topological polar surface area (TPSA) is 58.2 Å². The fraction of sp³-hybridized carbons (Fsp3) is 0.333. The van der Waals surface area contributed by atoms with E-state index in [0.29, 0.717) is 12.1 Å². The minimum Gasteiger partial charge on any atom is -0.376 e. The van der Waals surface area contributed by atoms with Crippen LogP contribution in [0.25, 0.3) is 22.2 Å². The molecular weight excluding hydrogens is 326 g/mol. The molecule has 0 saturated carbocycles. The highest BCUT2D eigenvalue weighted by Gasteiger charge is 2.20. The zero-order valence-corrected chi connectivity index (χ0v) is 14.9. The molecule has 2 aromatic carbocycles. The summed E-state index contributed by atoms with van der Waals surface area (Å²) in [5, 5.41) is 0. The number of nitrogens with zero attached hydrogens (tertiary/aromatic N) is 2. The minimum atomic E-state index is 0.0311. The highest BCUT2D eigenvalue weighted by Crippen LogP contribution is 2.24. The van der Waals surface area contributed by atoms with Crippen LogP contribution < -0.4 is 0 Å². The van der Waals surface area contributed by atoms with Gasteiger partial charge in [-0.2, -0.15) is 0 Å². The van der Waals surface area contributed by atoms with Gasteiger partial charge in [-0.15, -0.1) is 0 Å². The second-order valence-electron chi connectivity index (χ2n) is 6.89. The van der Waals surface area contributed by atoms with E-state index in [4.69, 9.17) is 4.74 Å². The number of H-pyrrole nitrogens is 1. The van der Waals surface area contributed by atoms with Crippen LogP contribution in [0.1, 0.15) is 29.6 Å². The number of carbonyl (C=O) groups excluding carboxylic acids is 1. The maximum Gasteiger partial charge on any atom is 0.253 e. The normalized spacial score (nSPS) is 17.3. The molecule has 4 rings (SSSR count). The van der Waals surface area contributed by atoms with Crippen molar-refractivity contribution in [3.63, 3.8) is 0 Å². The molecule has 134 valence electrons. The Bertz CT molecular complexity index is 912. The standard InChI is InChI=1S/C21H23N3O2/c1-24(13-18-7-2-3-10-26-18)21(25)17-6-4-5-15(11-17)16-8-9-19-20(12-16)23-14-22-19/h4-6,8-9,11-12,14,18H,2-3,7,10,13H2,1H3,(H,22,23)/t18-/m0/s1. The number of hydrogen-bond acceptors (Lipinski definition) is 3. The number of aromatic nitrogens is 2. The molecule has 1 aromatic heterocycles. The molecule has 1 aliphatic heterocycles. The average Bonchev–Trinajstić information content (AvgIpc) is 3.16. The lowest BCUT2D eigenvalue weighted by Crippen LogP contribution is -2.37. The van der Waals surface area contributed by atoms with Gasteiger partial charge >= 0.3 is 0 Å². The zero-order chi connectivity index (χ0) is 17.9. The number of aromatic amines is 1. The number of benzene rings is 2. The van der Waals surface area contributed by atoms with Crippen molar-refractivity contribution >= 4 is 16.9 Å². The molecule has 0 unspecified atom stereocenters. The minimum absolute atomic E-state index is 0.0311. The van der Waals surface area contributed by atoms with Crippen molar-refractivity contribution in [1.29, 1.82) is 0 Å². The second-order valence-corrected chi connectivity index (χ2v) is 6.89. The third-order valence-electron chi connectivity index (χ3n) is 4.96. The van der Waals surface area contributed by atoms with E-state index in [1.165, 1.54) is 6.42 Å². The van der Waals surface area contributed by atoms with Crippen LogP contribution in [0.5, 0.6) is 0 Å². The molecule has 5 heteroatoms. The van der Waals surface area contributed by atoms with E-state index >= 15 is 0 Å². The third kappa shape index (κ3) is 3.48. The number of fused-ring (bicyclic) bond motifs is 1. The zero-order valence-electron chi connectivity index (χ0n) is 14.9. The van der Waals surface area contributed by atoms with Crippen LogP contribution in [0.2, 0.25) is 0 Å². The van der Waals surface area contributed by atoms with Crippen LogP contribution in [-0.4, -0.2) is 47.1 Å². The maximum absolute atomic E-state index is 12.8. The highest BCUT2D eigenvalue weighted by molar-refractivity contribution is 5.95. The van der Waals surface area contributed by atoms with Crippen molar-refractivity contribution in [2.24, 2.45) is 0 Å². The summed E-state index contributed by atoms with van der Waals surface area (Å²) in [5.74, 6) is 0.0311. The van der Waals surface area contributed by atoms with Crippen LogP contribution in [0.4, 0.5) is 0 Å². The monoisotopic (exact) mass is 349 g/mol. The molecule has 26 heavy (non-hydrogen) atoms. The van der Waals surface area contributed by atoms with Crippen LogP contribution in [-0.2, 0) is 4.74 Å². The van der Waals surface area contributed by atoms with E-state index in [1.54, 1.807) is 11.2 Å². The Kier molecular flexibility index (Phi) is 4.71. The van der Waals surface area contributed by atoms with Crippen LogP contribution in [0.15, 0.2) is 48.8 Å². The molecule has 0 bridgehead atoms. The van der Waals surface area contributed by atoms with Gasteiger partial charge in [0.1, 0.15) is 0 Å². The predicted octanol–water partition coefficient (Wildman–Crippen LogP) is 3.87. The molecule has 1 aliphatic rings. The molecule has 1 fully saturated rings. The van der Waals surface area contributed by atoms with Crippen molar-refractivity contribution in [2.75, 3.05) is 20.2 Å². The predicted molar refractivity (Wildman–Crippen MR) is 102 cm³/mol. The number of likely N-dealkylation sites (N-methyl/N-ethyl adjacent to an activating group) is 1. The number of amides is 1. The first-order valence-electron chi connectivity index (χ1n) is 9.11. The van der Waals surface area contributed by atoms with Crippen molar-refractivity contribution < 1.29 is 9.53 Å². The lowest BCUT2D eigenvalue weighted by Gasteiger charge is -2.27. The van der Waals surface area contributed by atoms with Crippen LogP contribution >= 0.6 is 0 Å². The molecule has 2 heterocycles.